The second-order valence-electron chi connectivity index (χ2n) is 5.38. The number of aromatic nitrogens is 2. The molecule has 0 fully saturated rings. The molecule has 0 aliphatic rings. The maximum absolute atomic E-state index is 4.72. The first-order valence-corrected chi connectivity index (χ1v) is 9.13. The molecule has 0 atom stereocenters. The number of anilines is 2. The third kappa shape index (κ3) is 4.47. The molecule has 0 bridgehead atoms. The lowest BCUT2D eigenvalue weighted by Gasteiger charge is -2.24. The molecular weight excluding hydrogens is 320 g/mol. The van der Waals surface area contributed by atoms with Crippen LogP contribution in [0.2, 0.25) is 0 Å². The minimum Gasteiger partial charge on any atom is -0.399 e. The van der Waals surface area contributed by atoms with E-state index in [0.29, 0.717) is 0 Å². The summed E-state index contributed by atoms with van der Waals surface area (Å²) < 4.78 is 0. The van der Waals surface area contributed by atoms with Gasteiger partial charge in [0, 0.05) is 35.5 Å². The van der Waals surface area contributed by atoms with Crippen molar-refractivity contribution in [1.29, 1.82) is 0 Å². The van der Waals surface area contributed by atoms with Crippen LogP contribution < -0.4 is 4.90 Å². The predicted molar refractivity (Wildman–Crippen MR) is 102 cm³/mol. The number of nitrogens with zero attached hydrogens (tertiary/aromatic N) is 4. The Balaban J connectivity index is 2.38. The third-order valence-electron chi connectivity index (χ3n) is 3.57. The van der Waals surface area contributed by atoms with Gasteiger partial charge in [0.15, 0.2) is 0 Å². The maximum atomic E-state index is 4.72. The van der Waals surface area contributed by atoms with E-state index >= 15 is 0 Å². The lowest BCUT2D eigenvalue weighted by Crippen LogP contribution is -2.20. The topological polar surface area (TPSA) is 50.6 Å². The van der Waals surface area contributed by atoms with E-state index in [-0.39, 0.29) is 0 Å². The van der Waals surface area contributed by atoms with Gasteiger partial charge in [-0.15, -0.1) is 11.8 Å². The number of oxime groups is 1. The van der Waals surface area contributed by atoms with Crippen LogP contribution in [0, 0.1) is 13.8 Å². The fraction of sp³-hybridized carbons (Fsp3) is 0.389. The molecule has 0 aliphatic heterocycles. The molecule has 0 N–H and O–H groups in total. The summed E-state index contributed by atoms with van der Waals surface area (Å²) in [5.41, 5.74) is 4.28. The van der Waals surface area contributed by atoms with Crippen molar-refractivity contribution in [1.82, 2.24) is 9.97 Å². The minimum absolute atomic E-state index is 0.744. The standard InChI is InChI=1S/C18H24N4OS/c1-6-22(18-20-13(2)11-14(3)21-18)16-8-7-15(9-10-19-23-4)12-17(16)24-5/h7-8,10-12H,6,9H2,1-5H3. The summed E-state index contributed by atoms with van der Waals surface area (Å²) in [6, 6.07) is 8.42. The fourth-order valence-corrected chi connectivity index (χ4v) is 3.19. The minimum atomic E-state index is 0.744. The lowest BCUT2D eigenvalue weighted by atomic mass is 10.1. The Morgan fingerprint density at radius 1 is 1.21 bits per heavy atom. The second kappa shape index (κ2) is 8.68. The Morgan fingerprint density at radius 2 is 1.92 bits per heavy atom. The summed E-state index contributed by atoms with van der Waals surface area (Å²) in [6.45, 7) is 6.92. The van der Waals surface area contributed by atoms with E-state index in [0.717, 1.165) is 36.0 Å². The van der Waals surface area contributed by atoms with E-state index in [9.17, 15) is 0 Å². The fourth-order valence-electron chi connectivity index (χ4n) is 2.54. The third-order valence-corrected chi connectivity index (χ3v) is 4.34. The van der Waals surface area contributed by atoms with E-state index in [1.807, 2.05) is 19.9 Å². The normalized spacial score (nSPS) is 11.0. The SMILES string of the molecule is CCN(c1nc(C)cc(C)n1)c1ccc(CC=NOC)cc1SC. The molecule has 1 heterocycles. The molecule has 2 rings (SSSR count). The van der Waals surface area contributed by atoms with Crippen LogP contribution in [-0.4, -0.2) is 36.1 Å². The molecule has 0 aliphatic carbocycles. The summed E-state index contributed by atoms with van der Waals surface area (Å²) >= 11 is 1.72. The van der Waals surface area contributed by atoms with Gasteiger partial charge >= 0.3 is 0 Å². The molecule has 1 aromatic carbocycles. The smallest absolute Gasteiger partial charge is 0.230 e. The van der Waals surface area contributed by atoms with E-state index in [2.05, 4.69) is 51.4 Å². The van der Waals surface area contributed by atoms with Crippen LogP contribution in [0.4, 0.5) is 11.6 Å². The van der Waals surface area contributed by atoms with Crippen molar-refractivity contribution in [3.05, 3.63) is 41.2 Å². The van der Waals surface area contributed by atoms with Crippen molar-refractivity contribution in [2.45, 2.75) is 32.1 Å². The van der Waals surface area contributed by atoms with Gasteiger partial charge in [0.2, 0.25) is 5.95 Å². The lowest BCUT2D eigenvalue weighted by molar-refractivity contribution is 0.215. The Bertz CT molecular complexity index is 698. The van der Waals surface area contributed by atoms with Gasteiger partial charge in [-0.05, 0) is 50.8 Å². The zero-order chi connectivity index (χ0) is 17.5. The van der Waals surface area contributed by atoms with Gasteiger partial charge in [0.1, 0.15) is 7.11 Å². The first kappa shape index (κ1) is 18.3. The van der Waals surface area contributed by atoms with Crippen molar-refractivity contribution in [3.63, 3.8) is 0 Å². The van der Waals surface area contributed by atoms with E-state index in [1.54, 1.807) is 25.1 Å². The molecule has 0 saturated carbocycles. The average Bonchev–Trinajstić information content (AvgIpc) is 2.56. The highest BCUT2D eigenvalue weighted by Crippen LogP contribution is 2.33. The number of thioether (sulfide) groups is 1. The molecule has 128 valence electrons. The van der Waals surface area contributed by atoms with Crippen molar-refractivity contribution in [2.24, 2.45) is 5.16 Å². The molecule has 0 unspecified atom stereocenters. The van der Waals surface area contributed by atoms with Crippen LogP contribution in [-0.2, 0) is 11.3 Å². The van der Waals surface area contributed by atoms with Crippen molar-refractivity contribution < 1.29 is 4.84 Å². The zero-order valence-corrected chi connectivity index (χ0v) is 15.7. The molecule has 5 nitrogen and oxygen atoms in total. The van der Waals surface area contributed by atoms with Crippen molar-refractivity contribution in [3.8, 4) is 0 Å². The molecule has 6 heteroatoms. The van der Waals surface area contributed by atoms with Gasteiger partial charge in [0.25, 0.3) is 0 Å². The Morgan fingerprint density at radius 3 is 2.50 bits per heavy atom. The van der Waals surface area contributed by atoms with Crippen LogP contribution in [0.15, 0.2) is 34.3 Å². The van der Waals surface area contributed by atoms with Gasteiger partial charge in [-0.3, -0.25) is 0 Å². The van der Waals surface area contributed by atoms with Gasteiger partial charge in [-0.25, -0.2) is 9.97 Å². The number of rotatable bonds is 7. The molecular formula is C18H24N4OS. The number of aryl methyl sites for hydroxylation is 2. The summed E-state index contributed by atoms with van der Waals surface area (Å²) in [6.07, 6.45) is 4.60. The molecule has 24 heavy (non-hydrogen) atoms. The summed E-state index contributed by atoms with van der Waals surface area (Å²) in [5, 5.41) is 3.80. The van der Waals surface area contributed by atoms with Crippen molar-refractivity contribution in [2.75, 3.05) is 24.8 Å². The van der Waals surface area contributed by atoms with Crippen molar-refractivity contribution >= 4 is 29.6 Å². The van der Waals surface area contributed by atoms with Gasteiger partial charge in [-0.2, -0.15) is 0 Å². The van der Waals surface area contributed by atoms with E-state index in [4.69, 9.17) is 4.84 Å². The first-order valence-electron chi connectivity index (χ1n) is 7.90. The Kier molecular flexibility index (Phi) is 6.61. The first-order chi connectivity index (χ1) is 11.6. The van der Waals surface area contributed by atoms with E-state index < -0.39 is 0 Å². The molecule has 2 aromatic rings. The van der Waals surface area contributed by atoms with Crippen LogP contribution in [0.25, 0.3) is 0 Å². The average molecular weight is 344 g/mol. The molecule has 1 aromatic heterocycles. The monoisotopic (exact) mass is 344 g/mol. The molecule has 0 saturated heterocycles. The largest absolute Gasteiger partial charge is 0.399 e. The van der Waals surface area contributed by atoms with Gasteiger partial charge < -0.3 is 9.74 Å². The Hall–Kier alpha value is -2.08. The van der Waals surface area contributed by atoms with Gasteiger partial charge in [-0.1, -0.05) is 11.2 Å². The molecule has 0 spiro atoms. The van der Waals surface area contributed by atoms with E-state index in [1.165, 1.54) is 10.5 Å². The van der Waals surface area contributed by atoms with Crippen LogP contribution in [0.3, 0.4) is 0 Å². The zero-order valence-electron chi connectivity index (χ0n) is 14.9. The summed E-state index contributed by atoms with van der Waals surface area (Å²) in [4.78, 5) is 17.3. The highest BCUT2D eigenvalue weighted by Gasteiger charge is 2.15. The Labute approximate surface area is 148 Å². The number of hydrogen-bond acceptors (Lipinski definition) is 6. The van der Waals surface area contributed by atoms with Crippen LogP contribution >= 0.6 is 11.8 Å². The maximum Gasteiger partial charge on any atom is 0.230 e. The predicted octanol–water partition coefficient (Wildman–Crippen LogP) is 4.15. The highest BCUT2D eigenvalue weighted by molar-refractivity contribution is 7.98. The van der Waals surface area contributed by atoms with Crippen LogP contribution in [0.1, 0.15) is 23.9 Å². The second-order valence-corrected chi connectivity index (χ2v) is 6.22. The molecule has 0 amide bonds. The van der Waals surface area contributed by atoms with Crippen LogP contribution in [0.5, 0.6) is 0 Å². The number of hydrogen-bond donors (Lipinski definition) is 0. The summed E-state index contributed by atoms with van der Waals surface area (Å²) in [7, 11) is 1.55. The quantitative estimate of drug-likeness (QED) is 0.429. The molecule has 0 radical (unpaired) electrons. The number of benzene rings is 1. The summed E-state index contributed by atoms with van der Waals surface area (Å²) in [5.74, 6) is 0.749. The van der Waals surface area contributed by atoms with Gasteiger partial charge in [0.05, 0.1) is 5.69 Å². The highest BCUT2D eigenvalue weighted by atomic mass is 32.2.